The maximum atomic E-state index is 9.00. The molecule has 3 heteroatoms. The van der Waals surface area contributed by atoms with Gasteiger partial charge in [0, 0.05) is 6.92 Å². The van der Waals surface area contributed by atoms with Gasteiger partial charge in [-0.05, 0) is 5.83 Å². The predicted molar refractivity (Wildman–Crippen MR) is 28.2 cm³/mol. The van der Waals surface area contributed by atoms with Crippen molar-refractivity contribution in [1.82, 2.24) is 0 Å². The lowest BCUT2D eigenvalue weighted by Gasteiger charge is -1.59. The van der Waals surface area contributed by atoms with Gasteiger partial charge >= 0.3 is 0 Å². The molecular formula is C3H7BrO2. The summed E-state index contributed by atoms with van der Waals surface area (Å²) in [5, 5.41) is 7.42. The molecule has 0 bridgehead atoms. The molecule has 0 spiro atoms. The summed E-state index contributed by atoms with van der Waals surface area (Å²) < 4.78 is 0. The molecule has 0 aromatic rings. The van der Waals surface area contributed by atoms with E-state index in [0.29, 0.717) is 0 Å². The minimum atomic E-state index is -0.833. The summed E-state index contributed by atoms with van der Waals surface area (Å²) in [6, 6.07) is 0. The van der Waals surface area contributed by atoms with Crippen LogP contribution in [0, 0.1) is 0 Å². The van der Waals surface area contributed by atoms with Crippen molar-refractivity contribution in [3.8, 4) is 0 Å². The van der Waals surface area contributed by atoms with Crippen molar-refractivity contribution in [2.75, 3.05) is 5.83 Å². The Morgan fingerprint density at radius 2 is 1.67 bits per heavy atom. The highest BCUT2D eigenvalue weighted by Gasteiger charge is 1.65. The molecule has 0 fully saturated rings. The van der Waals surface area contributed by atoms with Gasteiger partial charge in [0.2, 0.25) is 0 Å². The topological polar surface area (TPSA) is 37.3 Å². The summed E-state index contributed by atoms with van der Waals surface area (Å²) in [5.74, 6) is 0.979. The second-order valence-electron chi connectivity index (χ2n) is 0.519. The van der Waals surface area contributed by atoms with E-state index in [9.17, 15) is 0 Å². The molecule has 2 nitrogen and oxygen atoms in total. The van der Waals surface area contributed by atoms with Gasteiger partial charge in [-0.15, -0.1) is 0 Å². The summed E-state index contributed by atoms with van der Waals surface area (Å²) in [4.78, 5) is 9.00. The van der Waals surface area contributed by atoms with Crippen molar-refractivity contribution in [3.63, 3.8) is 0 Å². The van der Waals surface area contributed by atoms with E-state index in [2.05, 4.69) is 15.9 Å². The third-order valence-corrected chi connectivity index (χ3v) is 0. The molecule has 0 aliphatic rings. The normalized spacial score (nSPS) is 5.17. The van der Waals surface area contributed by atoms with Gasteiger partial charge in [0.1, 0.15) is 0 Å². The standard InChI is InChI=1S/C2H4O2.CH3Br/c1-2(3)4;1-2/h1H3,(H,3,4);1H3. The molecule has 0 saturated carbocycles. The first-order valence-corrected chi connectivity index (χ1v) is 2.89. The van der Waals surface area contributed by atoms with E-state index in [1.807, 2.05) is 5.83 Å². The third-order valence-electron chi connectivity index (χ3n) is 0. The zero-order valence-corrected chi connectivity index (χ0v) is 5.32. The maximum Gasteiger partial charge on any atom is 0.300 e. The zero-order valence-electron chi connectivity index (χ0n) is 3.73. The molecule has 0 saturated heterocycles. The minimum Gasteiger partial charge on any atom is -0.481 e. The number of hydrogen-bond donors (Lipinski definition) is 1. The highest BCUT2D eigenvalue weighted by atomic mass is 79.9. The van der Waals surface area contributed by atoms with E-state index < -0.39 is 5.97 Å². The number of carbonyl (C=O) groups is 1. The van der Waals surface area contributed by atoms with Crippen LogP contribution >= 0.6 is 15.9 Å². The Hall–Kier alpha value is -0.0500. The summed E-state index contributed by atoms with van der Waals surface area (Å²) in [7, 11) is 0. The second-order valence-corrected chi connectivity index (χ2v) is 0.519. The average Bonchev–Trinajstić information content (AvgIpc) is 1.41. The Morgan fingerprint density at radius 3 is 1.67 bits per heavy atom. The quantitative estimate of drug-likeness (QED) is 0.531. The number of halogens is 1. The van der Waals surface area contributed by atoms with E-state index in [-0.39, 0.29) is 0 Å². The fourth-order valence-electron chi connectivity index (χ4n) is 0. The monoisotopic (exact) mass is 154 g/mol. The highest BCUT2D eigenvalue weighted by Crippen LogP contribution is 1.45. The fourth-order valence-corrected chi connectivity index (χ4v) is 0. The molecule has 0 rings (SSSR count). The number of rotatable bonds is 0. The average molecular weight is 155 g/mol. The van der Waals surface area contributed by atoms with Crippen LogP contribution in [0.1, 0.15) is 6.92 Å². The van der Waals surface area contributed by atoms with Crippen LogP contribution in [0.2, 0.25) is 0 Å². The maximum absolute atomic E-state index is 9.00. The molecule has 0 aliphatic carbocycles. The molecular weight excluding hydrogens is 148 g/mol. The molecule has 0 radical (unpaired) electrons. The molecule has 0 amide bonds. The smallest absolute Gasteiger partial charge is 0.300 e. The molecule has 1 N–H and O–H groups in total. The lowest BCUT2D eigenvalue weighted by Crippen LogP contribution is -1.78. The van der Waals surface area contributed by atoms with Gasteiger partial charge in [-0.25, -0.2) is 0 Å². The lowest BCUT2D eigenvalue weighted by molar-refractivity contribution is -0.134. The molecule has 0 aromatic heterocycles. The van der Waals surface area contributed by atoms with Gasteiger partial charge in [-0.2, -0.15) is 0 Å². The number of carboxylic acids is 1. The Bertz CT molecular complexity index is 31.8. The summed E-state index contributed by atoms with van der Waals surface area (Å²) in [6.45, 7) is 1.08. The van der Waals surface area contributed by atoms with Crippen molar-refractivity contribution in [1.29, 1.82) is 0 Å². The van der Waals surface area contributed by atoms with Crippen LogP contribution in [0.5, 0.6) is 0 Å². The summed E-state index contributed by atoms with van der Waals surface area (Å²) >= 11 is 2.94. The number of carboxylic acid groups (broad SMARTS) is 1. The van der Waals surface area contributed by atoms with E-state index in [0.717, 1.165) is 6.92 Å². The fraction of sp³-hybridized carbons (Fsp3) is 0.667. The van der Waals surface area contributed by atoms with E-state index in [4.69, 9.17) is 9.90 Å². The Kier molecular flexibility index (Phi) is 13.8. The van der Waals surface area contributed by atoms with Crippen molar-refractivity contribution in [2.45, 2.75) is 6.92 Å². The van der Waals surface area contributed by atoms with Gasteiger partial charge < -0.3 is 5.11 Å². The first-order chi connectivity index (χ1) is 2.73. The SMILES string of the molecule is CBr.CC(=O)O. The highest BCUT2D eigenvalue weighted by molar-refractivity contribution is 9.08. The number of aliphatic carboxylic acids is 1. The summed E-state index contributed by atoms with van der Waals surface area (Å²) in [5.41, 5.74) is 0. The van der Waals surface area contributed by atoms with Gasteiger partial charge in [0.05, 0.1) is 0 Å². The molecule has 0 atom stereocenters. The lowest BCUT2D eigenvalue weighted by atomic mass is 10.9. The Morgan fingerprint density at radius 1 is 1.67 bits per heavy atom. The van der Waals surface area contributed by atoms with E-state index >= 15 is 0 Å². The first-order valence-electron chi connectivity index (χ1n) is 1.31. The molecule has 0 heterocycles. The van der Waals surface area contributed by atoms with Crippen molar-refractivity contribution in [3.05, 3.63) is 0 Å². The van der Waals surface area contributed by atoms with Crippen LogP contribution in [0.3, 0.4) is 0 Å². The third kappa shape index (κ3) is 13700. The van der Waals surface area contributed by atoms with Crippen LogP contribution in [0.4, 0.5) is 0 Å². The van der Waals surface area contributed by atoms with E-state index in [1.165, 1.54) is 0 Å². The predicted octanol–water partition coefficient (Wildman–Crippen LogP) is 1.10. The van der Waals surface area contributed by atoms with Gasteiger partial charge in [0.15, 0.2) is 0 Å². The van der Waals surface area contributed by atoms with Crippen LogP contribution in [0.25, 0.3) is 0 Å². The van der Waals surface area contributed by atoms with Crippen molar-refractivity contribution < 1.29 is 9.90 Å². The van der Waals surface area contributed by atoms with Crippen molar-refractivity contribution >= 4 is 21.9 Å². The van der Waals surface area contributed by atoms with Gasteiger partial charge in [-0.3, -0.25) is 4.79 Å². The Balaban J connectivity index is 0. The van der Waals surface area contributed by atoms with Crippen molar-refractivity contribution in [2.24, 2.45) is 0 Å². The van der Waals surface area contributed by atoms with Gasteiger partial charge in [0.25, 0.3) is 5.97 Å². The molecule has 38 valence electrons. The molecule has 0 aliphatic heterocycles. The number of hydrogen-bond acceptors (Lipinski definition) is 1. The van der Waals surface area contributed by atoms with Crippen LogP contribution < -0.4 is 0 Å². The van der Waals surface area contributed by atoms with Crippen LogP contribution in [-0.4, -0.2) is 16.9 Å². The molecule has 0 aromatic carbocycles. The molecule has 6 heavy (non-hydrogen) atoms. The van der Waals surface area contributed by atoms with E-state index in [1.54, 1.807) is 0 Å². The largest absolute Gasteiger partial charge is 0.481 e. The summed E-state index contributed by atoms with van der Waals surface area (Å²) in [6.07, 6.45) is 0. The zero-order chi connectivity index (χ0) is 5.58. The first kappa shape index (κ1) is 9.34. The minimum absolute atomic E-state index is 0.833. The second kappa shape index (κ2) is 8.87. The number of alkyl halides is 1. The van der Waals surface area contributed by atoms with Gasteiger partial charge in [-0.1, -0.05) is 15.9 Å². The molecule has 0 unspecified atom stereocenters. The van der Waals surface area contributed by atoms with Crippen LogP contribution in [-0.2, 0) is 4.79 Å². The van der Waals surface area contributed by atoms with Crippen LogP contribution in [0.15, 0.2) is 0 Å². The Labute approximate surface area is 45.3 Å².